The molecule has 0 aromatic carbocycles. The molecule has 2 aliphatic heterocycles. The molecule has 2 saturated heterocycles. The fraction of sp³-hybridized carbons (Fsp3) is 0.667. The summed E-state index contributed by atoms with van der Waals surface area (Å²) in [5.74, 6) is 0. The van der Waals surface area contributed by atoms with E-state index in [4.69, 9.17) is 5.73 Å². The first kappa shape index (κ1) is 13.0. The monoisotopic (exact) mass is 260 g/mol. The van der Waals surface area contributed by atoms with Crippen LogP contribution in [-0.4, -0.2) is 47.0 Å². The molecule has 2 aliphatic rings. The molecule has 1 aromatic heterocycles. The largest absolute Gasteiger partial charge is 0.325 e. The maximum absolute atomic E-state index is 5.78. The smallest absolute Gasteiger partial charge is 0.0584 e. The Bertz CT molecular complexity index is 434. The molecule has 4 nitrogen and oxygen atoms in total. The van der Waals surface area contributed by atoms with Crippen LogP contribution in [0.1, 0.15) is 30.5 Å². The lowest BCUT2D eigenvalue weighted by molar-refractivity contribution is 0.214. The van der Waals surface area contributed by atoms with Crippen molar-refractivity contribution >= 4 is 0 Å². The van der Waals surface area contributed by atoms with E-state index >= 15 is 0 Å². The summed E-state index contributed by atoms with van der Waals surface area (Å²) >= 11 is 0. The quantitative estimate of drug-likeness (QED) is 0.887. The molecule has 3 heterocycles. The van der Waals surface area contributed by atoms with Gasteiger partial charge in [-0.3, -0.25) is 14.8 Å². The number of nitrogens with two attached hydrogens (primary N) is 1. The Hall–Kier alpha value is -0.970. The average Bonchev–Trinajstić information content (AvgIpc) is 2.68. The van der Waals surface area contributed by atoms with Crippen LogP contribution in [0.3, 0.4) is 0 Å². The second-order valence-corrected chi connectivity index (χ2v) is 5.89. The third kappa shape index (κ3) is 2.66. The number of rotatable bonds is 3. The minimum absolute atomic E-state index is 0.538. The highest BCUT2D eigenvalue weighted by Gasteiger charge is 2.34. The first-order valence-electron chi connectivity index (χ1n) is 7.35. The van der Waals surface area contributed by atoms with Crippen molar-refractivity contribution in [3.05, 3.63) is 29.6 Å². The number of likely N-dealkylation sites (N-methyl/N-ethyl adjacent to an activating group) is 1. The van der Waals surface area contributed by atoms with Gasteiger partial charge in [0.2, 0.25) is 0 Å². The van der Waals surface area contributed by atoms with Crippen LogP contribution < -0.4 is 5.73 Å². The third-order valence-electron chi connectivity index (χ3n) is 4.80. The highest BCUT2D eigenvalue weighted by molar-refractivity contribution is 5.19. The summed E-state index contributed by atoms with van der Waals surface area (Å²) < 4.78 is 0. The van der Waals surface area contributed by atoms with Crippen molar-refractivity contribution in [1.29, 1.82) is 0 Å². The van der Waals surface area contributed by atoms with Crippen LogP contribution in [0.5, 0.6) is 0 Å². The van der Waals surface area contributed by atoms with Crippen molar-refractivity contribution in [3.63, 3.8) is 0 Å². The summed E-state index contributed by atoms with van der Waals surface area (Å²) in [7, 11) is 2.29. The van der Waals surface area contributed by atoms with Crippen molar-refractivity contribution in [2.75, 3.05) is 20.1 Å². The Morgan fingerprint density at radius 2 is 2.16 bits per heavy atom. The molecule has 0 spiro atoms. The topological polar surface area (TPSA) is 45.4 Å². The van der Waals surface area contributed by atoms with E-state index in [9.17, 15) is 0 Å². The highest BCUT2D eigenvalue weighted by atomic mass is 15.3. The maximum atomic E-state index is 5.78. The summed E-state index contributed by atoms with van der Waals surface area (Å²) in [5, 5.41) is 0. The van der Waals surface area contributed by atoms with Gasteiger partial charge in [0.05, 0.1) is 5.69 Å². The number of pyridine rings is 1. The molecular formula is C15H24N4. The third-order valence-corrected chi connectivity index (χ3v) is 4.80. The SMILES string of the molecule is CN1C2CCC1CN(Cc1cccnc1CN)CC2. The molecule has 19 heavy (non-hydrogen) atoms. The van der Waals surface area contributed by atoms with Crippen LogP contribution in [0.4, 0.5) is 0 Å². The summed E-state index contributed by atoms with van der Waals surface area (Å²) in [4.78, 5) is 9.56. The number of hydrogen-bond donors (Lipinski definition) is 1. The number of nitrogens with zero attached hydrogens (tertiary/aromatic N) is 3. The molecular weight excluding hydrogens is 236 g/mol. The fourth-order valence-corrected chi connectivity index (χ4v) is 3.56. The molecule has 1 aromatic rings. The van der Waals surface area contributed by atoms with E-state index < -0.39 is 0 Å². The van der Waals surface area contributed by atoms with E-state index in [-0.39, 0.29) is 0 Å². The van der Waals surface area contributed by atoms with E-state index in [0.29, 0.717) is 6.54 Å². The van der Waals surface area contributed by atoms with Crippen LogP contribution in [0, 0.1) is 0 Å². The van der Waals surface area contributed by atoms with Crippen LogP contribution >= 0.6 is 0 Å². The zero-order chi connectivity index (χ0) is 13.2. The van der Waals surface area contributed by atoms with Gasteiger partial charge < -0.3 is 5.73 Å². The number of hydrogen-bond acceptors (Lipinski definition) is 4. The van der Waals surface area contributed by atoms with Crippen LogP contribution in [0.25, 0.3) is 0 Å². The Kier molecular flexibility index (Phi) is 3.82. The first-order valence-corrected chi connectivity index (χ1v) is 7.35. The molecule has 0 saturated carbocycles. The molecule has 0 radical (unpaired) electrons. The van der Waals surface area contributed by atoms with Crippen molar-refractivity contribution in [3.8, 4) is 0 Å². The number of aromatic nitrogens is 1. The van der Waals surface area contributed by atoms with Gasteiger partial charge in [-0.25, -0.2) is 0 Å². The lowest BCUT2D eigenvalue weighted by Crippen LogP contribution is -2.36. The standard InChI is InChI=1S/C15H24N4/c1-18-13-4-5-14(18)11-19(8-6-13)10-12-3-2-7-17-15(12)9-16/h2-3,7,13-14H,4-6,8-11,16H2,1H3. The van der Waals surface area contributed by atoms with E-state index in [1.807, 2.05) is 12.3 Å². The zero-order valence-electron chi connectivity index (χ0n) is 11.8. The van der Waals surface area contributed by atoms with Crippen molar-refractivity contribution in [2.45, 2.75) is 44.4 Å². The van der Waals surface area contributed by atoms with E-state index in [1.54, 1.807) is 0 Å². The van der Waals surface area contributed by atoms with Gasteiger partial charge in [-0.15, -0.1) is 0 Å². The van der Waals surface area contributed by atoms with Gasteiger partial charge in [0.15, 0.2) is 0 Å². The van der Waals surface area contributed by atoms with Gasteiger partial charge in [-0.1, -0.05) is 6.07 Å². The number of likely N-dealkylation sites (tertiary alicyclic amines) is 1. The maximum Gasteiger partial charge on any atom is 0.0584 e. The van der Waals surface area contributed by atoms with E-state index in [2.05, 4.69) is 27.9 Å². The lowest BCUT2D eigenvalue weighted by Gasteiger charge is -2.26. The van der Waals surface area contributed by atoms with E-state index in [1.165, 1.54) is 37.9 Å². The van der Waals surface area contributed by atoms with Gasteiger partial charge in [0.1, 0.15) is 0 Å². The second kappa shape index (κ2) is 5.57. The summed E-state index contributed by atoms with van der Waals surface area (Å²) in [6.45, 7) is 3.92. The molecule has 4 heteroatoms. The minimum Gasteiger partial charge on any atom is -0.325 e. The highest BCUT2D eigenvalue weighted by Crippen LogP contribution is 2.29. The van der Waals surface area contributed by atoms with Crippen LogP contribution in [0.2, 0.25) is 0 Å². The molecule has 2 unspecified atom stereocenters. The molecule has 2 N–H and O–H groups in total. The zero-order valence-corrected chi connectivity index (χ0v) is 11.8. The summed E-state index contributed by atoms with van der Waals surface area (Å²) in [6, 6.07) is 5.73. The number of fused-ring (bicyclic) bond motifs is 2. The van der Waals surface area contributed by atoms with Gasteiger partial charge in [0.25, 0.3) is 0 Å². The average molecular weight is 260 g/mol. The molecule has 2 fully saturated rings. The predicted octanol–water partition coefficient (Wildman–Crippen LogP) is 1.21. The Morgan fingerprint density at radius 1 is 1.32 bits per heavy atom. The van der Waals surface area contributed by atoms with Crippen molar-refractivity contribution < 1.29 is 0 Å². The fourth-order valence-electron chi connectivity index (χ4n) is 3.56. The molecule has 2 bridgehead atoms. The van der Waals surface area contributed by atoms with Gasteiger partial charge in [-0.05, 0) is 37.9 Å². The molecule has 3 rings (SSSR count). The van der Waals surface area contributed by atoms with Crippen molar-refractivity contribution in [2.24, 2.45) is 5.73 Å². The lowest BCUT2D eigenvalue weighted by atomic mass is 10.1. The Morgan fingerprint density at radius 3 is 3.00 bits per heavy atom. The van der Waals surface area contributed by atoms with Gasteiger partial charge in [0, 0.05) is 44.5 Å². The molecule has 0 amide bonds. The summed E-state index contributed by atoms with van der Waals surface area (Å²) in [5.41, 5.74) is 8.12. The Balaban J connectivity index is 1.70. The minimum atomic E-state index is 0.538. The first-order chi connectivity index (χ1) is 9.28. The molecule has 2 atom stereocenters. The van der Waals surface area contributed by atoms with E-state index in [0.717, 1.165) is 24.3 Å². The Labute approximate surface area is 115 Å². The van der Waals surface area contributed by atoms with Crippen molar-refractivity contribution in [1.82, 2.24) is 14.8 Å². The molecule has 104 valence electrons. The predicted molar refractivity (Wildman–Crippen MR) is 76.6 cm³/mol. The van der Waals surface area contributed by atoms with Crippen LogP contribution in [0.15, 0.2) is 18.3 Å². The summed E-state index contributed by atoms with van der Waals surface area (Å²) in [6.07, 6.45) is 5.87. The molecule has 0 aliphatic carbocycles. The van der Waals surface area contributed by atoms with Crippen LogP contribution in [-0.2, 0) is 13.1 Å². The normalized spacial score (nSPS) is 28.5. The van der Waals surface area contributed by atoms with Gasteiger partial charge >= 0.3 is 0 Å². The second-order valence-electron chi connectivity index (χ2n) is 5.89. The van der Waals surface area contributed by atoms with Gasteiger partial charge in [-0.2, -0.15) is 0 Å².